The summed E-state index contributed by atoms with van der Waals surface area (Å²) in [6.45, 7) is 0.862. The number of anilines is 1. The normalized spacial score (nSPS) is 17.9. The first kappa shape index (κ1) is 17.7. The van der Waals surface area contributed by atoms with Crippen molar-refractivity contribution in [2.75, 3.05) is 25.0 Å². The Morgan fingerprint density at radius 1 is 1.04 bits per heavy atom. The largest absolute Gasteiger partial charge is 0.455 e. The lowest BCUT2D eigenvalue weighted by Gasteiger charge is -2.31. The van der Waals surface area contributed by atoms with Crippen molar-refractivity contribution < 1.29 is 19.1 Å². The third-order valence-electron chi connectivity index (χ3n) is 4.54. The van der Waals surface area contributed by atoms with Gasteiger partial charge >= 0.3 is 5.97 Å². The van der Waals surface area contributed by atoms with Crippen LogP contribution >= 0.6 is 11.6 Å². The van der Waals surface area contributed by atoms with Crippen LogP contribution in [-0.4, -0.2) is 42.4 Å². The topological polar surface area (TPSA) is 75.7 Å². The molecule has 7 heteroatoms. The Labute approximate surface area is 151 Å². The van der Waals surface area contributed by atoms with Gasteiger partial charge in [0.25, 0.3) is 5.91 Å². The fraction of sp³-hybridized carbons (Fsp3) is 0.500. The van der Waals surface area contributed by atoms with Gasteiger partial charge in [0.1, 0.15) is 0 Å². The second kappa shape index (κ2) is 7.87. The van der Waals surface area contributed by atoms with Crippen molar-refractivity contribution in [3.05, 3.63) is 29.3 Å². The number of esters is 1. The second-order valence-corrected chi connectivity index (χ2v) is 6.97. The summed E-state index contributed by atoms with van der Waals surface area (Å²) in [4.78, 5) is 37.8. The van der Waals surface area contributed by atoms with E-state index in [1.807, 2.05) is 4.90 Å². The highest BCUT2D eigenvalue weighted by molar-refractivity contribution is 6.30. The molecule has 1 aliphatic carbocycles. The number of nitrogens with one attached hydrogen (secondary N) is 1. The molecule has 1 aliphatic heterocycles. The number of ether oxygens (including phenoxy) is 1. The van der Waals surface area contributed by atoms with E-state index in [0.717, 1.165) is 12.8 Å². The van der Waals surface area contributed by atoms with Crippen molar-refractivity contribution in [1.82, 2.24) is 4.90 Å². The van der Waals surface area contributed by atoms with Gasteiger partial charge in [-0.15, -0.1) is 0 Å². The molecule has 134 valence electrons. The summed E-state index contributed by atoms with van der Waals surface area (Å²) in [5.41, 5.74) is 0.595. The van der Waals surface area contributed by atoms with Gasteiger partial charge in [-0.05, 0) is 49.9 Å². The maximum absolute atomic E-state index is 12.1. The van der Waals surface area contributed by atoms with Crippen LogP contribution in [0.3, 0.4) is 0 Å². The van der Waals surface area contributed by atoms with Crippen LogP contribution in [0.2, 0.25) is 5.02 Å². The molecule has 25 heavy (non-hydrogen) atoms. The van der Waals surface area contributed by atoms with Crippen LogP contribution in [0.4, 0.5) is 5.69 Å². The van der Waals surface area contributed by atoms with Crippen LogP contribution in [0.1, 0.15) is 25.7 Å². The molecule has 0 atom stereocenters. The molecule has 2 amide bonds. The number of hydrogen-bond acceptors (Lipinski definition) is 4. The number of piperidine rings is 1. The number of amides is 2. The van der Waals surface area contributed by atoms with Gasteiger partial charge in [-0.1, -0.05) is 11.6 Å². The van der Waals surface area contributed by atoms with Crippen LogP contribution in [-0.2, 0) is 19.1 Å². The molecule has 1 heterocycles. The van der Waals surface area contributed by atoms with Gasteiger partial charge in [0.2, 0.25) is 5.91 Å². The third kappa shape index (κ3) is 4.95. The number of carbonyl (C=O) groups is 3. The minimum Gasteiger partial charge on any atom is -0.455 e. The molecule has 0 bridgehead atoms. The highest BCUT2D eigenvalue weighted by Crippen LogP contribution is 2.32. The van der Waals surface area contributed by atoms with Crippen molar-refractivity contribution in [2.45, 2.75) is 25.7 Å². The van der Waals surface area contributed by atoms with E-state index in [1.165, 1.54) is 0 Å². The Bertz CT molecular complexity index is 650. The SMILES string of the molecule is O=C(COC(=O)C1CCN(C(=O)C2CC2)CC1)Nc1ccc(Cl)cc1. The third-order valence-corrected chi connectivity index (χ3v) is 4.79. The monoisotopic (exact) mass is 364 g/mol. The standard InChI is InChI=1S/C18H21ClN2O4/c19-14-3-5-15(6-4-14)20-16(22)11-25-18(24)13-7-9-21(10-8-13)17(23)12-1-2-12/h3-6,12-13H,1-2,7-11H2,(H,20,22). The summed E-state index contributed by atoms with van der Waals surface area (Å²) < 4.78 is 5.11. The molecule has 0 aromatic heterocycles. The van der Waals surface area contributed by atoms with E-state index in [2.05, 4.69) is 5.32 Å². The van der Waals surface area contributed by atoms with E-state index >= 15 is 0 Å². The summed E-state index contributed by atoms with van der Waals surface area (Å²) in [6.07, 6.45) is 3.17. The zero-order valence-corrected chi connectivity index (χ0v) is 14.6. The number of carbonyl (C=O) groups excluding carboxylic acids is 3. The average molecular weight is 365 g/mol. The van der Waals surface area contributed by atoms with Crippen molar-refractivity contribution >= 4 is 35.1 Å². The van der Waals surface area contributed by atoms with E-state index in [9.17, 15) is 14.4 Å². The molecule has 1 saturated heterocycles. The Morgan fingerprint density at radius 3 is 2.28 bits per heavy atom. The van der Waals surface area contributed by atoms with E-state index in [4.69, 9.17) is 16.3 Å². The van der Waals surface area contributed by atoms with Crippen LogP contribution < -0.4 is 5.32 Å². The van der Waals surface area contributed by atoms with Gasteiger partial charge in [-0.2, -0.15) is 0 Å². The summed E-state index contributed by atoms with van der Waals surface area (Å²) in [6, 6.07) is 6.68. The average Bonchev–Trinajstić information content (AvgIpc) is 3.46. The number of nitrogens with zero attached hydrogens (tertiary/aromatic N) is 1. The van der Waals surface area contributed by atoms with Crippen molar-refractivity contribution in [1.29, 1.82) is 0 Å². The molecular formula is C18H21ClN2O4. The van der Waals surface area contributed by atoms with Gasteiger partial charge in [0, 0.05) is 29.7 Å². The van der Waals surface area contributed by atoms with Gasteiger partial charge in [-0.3, -0.25) is 14.4 Å². The first-order valence-electron chi connectivity index (χ1n) is 8.54. The van der Waals surface area contributed by atoms with Crippen LogP contribution in [0, 0.1) is 11.8 Å². The minimum absolute atomic E-state index is 0.208. The molecular weight excluding hydrogens is 344 g/mol. The molecule has 1 aromatic rings. The summed E-state index contributed by atoms with van der Waals surface area (Å²) in [7, 11) is 0. The lowest BCUT2D eigenvalue weighted by molar-refractivity contribution is -0.154. The molecule has 0 spiro atoms. The maximum Gasteiger partial charge on any atom is 0.309 e. The van der Waals surface area contributed by atoms with Crippen molar-refractivity contribution in [2.24, 2.45) is 11.8 Å². The first-order valence-corrected chi connectivity index (χ1v) is 8.91. The lowest BCUT2D eigenvalue weighted by Crippen LogP contribution is -2.41. The Kier molecular flexibility index (Phi) is 5.58. The maximum atomic E-state index is 12.1. The highest BCUT2D eigenvalue weighted by atomic mass is 35.5. The smallest absolute Gasteiger partial charge is 0.309 e. The molecule has 1 aromatic carbocycles. The molecule has 2 fully saturated rings. The summed E-state index contributed by atoms with van der Waals surface area (Å²) in [5.74, 6) is -0.581. The van der Waals surface area contributed by atoms with Gasteiger partial charge < -0.3 is 15.0 Å². The molecule has 0 unspecified atom stereocenters. The van der Waals surface area contributed by atoms with E-state index in [0.29, 0.717) is 36.6 Å². The molecule has 1 saturated carbocycles. The van der Waals surface area contributed by atoms with Crippen molar-refractivity contribution in [3.8, 4) is 0 Å². The number of benzene rings is 1. The summed E-state index contributed by atoms with van der Waals surface area (Å²) >= 11 is 5.78. The number of halogens is 1. The van der Waals surface area contributed by atoms with Crippen molar-refractivity contribution in [3.63, 3.8) is 0 Å². The fourth-order valence-corrected chi connectivity index (χ4v) is 3.03. The van der Waals surface area contributed by atoms with E-state index in [1.54, 1.807) is 24.3 Å². The molecule has 1 N–H and O–H groups in total. The van der Waals surface area contributed by atoms with Crippen LogP contribution in [0.15, 0.2) is 24.3 Å². The quantitative estimate of drug-likeness (QED) is 0.814. The fourth-order valence-electron chi connectivity index (χ4n) is 2.91. The highest BCUT2D eigenvalue weighted by Gasteiger charge is 2.36. The Balaban J connectivity index is 1.38. The van der Waals surface area contributed by atoms with E-state index in [-0.39, 0.29) is 30.3 Å². The minimum atomic E-state index is -0.392. The summed E-state index contributed by atoms with van der Waals surface area (Å²) in [5, 5.41) is 3.22. The van der Waals surface area contributed by atoms with Gasteiger partial charge in [0.15, 0.2) is 6.61 Å². The molecule has 0 radical (unpaired) electrons. The van der Waals surface area contributed by atoms with Gasteiger partial charge in [-0.25, -0.2) is 0 Å². The lowest BCUT2D eigenvalue weighted by atomic mass is 9.97. The van der Waals surface area contributed by atoms with E-state index < -0.39 is 5.91 Å². The van der Waals surface area contributed by atoms with Gasteiger partial charge in [0.05, 0.1) is 5.92 Å². The predicted molar refractivity (Wildman–Crippen MR) is 93.1 cm³/mol. The number of likely N-dealkylation sites (tertiary alicyclic amines) is 1. The molecule has 3 rings (SSSR count). The molecule has 6 nitrogen and oxygen atoms in total. The number of rotatable bonds is 5. The Hall–Kier alpha value is -2.08. The number of hydrogen-bond donors (Lipinski definition) is 1. The predicted octanol–water partition coefficient (Wildman–Crippen LogP) is 2.47. The zero-order valence-electron chi connectivity index (χ0n) is 13.9. The Morgan fingerprint density at radius 2 is 1.68 bits per heavy atom. The van der Waals surface area contributed by atoms with Crippen LogP contribution in [0.25, 0.3) is 0 Å². The van der Waals surface area contributed by atoms with Crippen LogP contribution in [0.5, 0.6) is 0 Å². The second-order valence-electron chi connectivity index (χ2n) is 6.54. The molecule has 2 aliphatic rings. The zero-order chi connectivity index (χ0) is 17.8. The first-order chi connectivity index (χ1) is 12.0.